The van der Waals surface area contributed by atoms with Crippen molar-refractivity contribution in [1.82, 2.24) is 24.6 Å². The van der Waals surface area contributed by atoms with E-state index in [0.717, 1.165) is 12.1 Å². The summed E-state index contributed by atoms with van der Waals surface area (Å²) in [6.45, 7) is 1.44. The molecular formula is C18H15ClF3N5O2S. The number of aliphatic hydroxyl groups excluding tert-OH is 1. The molecule has 1 aliphatic heterocycles. The van der Waals surface area contributed by atoms with Gasteiger partial charge in [-0.05, 0) is 19.1 Å². The van der Waals surface area contributed by atoms with Gasteiger partial charge in [-0.1, -0.05) is 17.7 Å². The second kappa shape index (κ2) is 7.64. The minimum absolute atomic E-state index is 0.167. The quantitative estimate of drug-likeness (QED) is 0.649. The summed E-state index contributed by atoms with van der Waals surface area (Å²) < 4.78 is 41.4. The summed E-state index contributed by atoms with van der Waals surface area (Å²) in [4.78, 5) is 18.7. The van der Waals surface area contributed by atoms with Crippen LogP contribution in [0.1, 0.15) is 34.7 Å². The van der Waals surface area contributed by atoms with E-state index in [9.17, 15) is 23.1 Å². The lowest BCUT2D eigenvalue weighted by atomic mass is 10.0. The molecule has 12 heteroatoms. The van der Waals surface area contributed by atoms with Crippen molar-refractivity contribution in [1.29, 1.82) is 0 Å². The van der Waals surface area contributed by atoms with Gasteiger partial charge in [0, 0.05) is 18.1 Å². The lowest BCUT2D eigenvalue weighted by molar-refractivity contribution is -0.137. The first kappa shape index (κ1) is 20.8. The van der Waals surface area contributed by atoms with E-state index in [1.807, 2.05) is 0 Å². The van der Waals surface area contributed by atoms with Crippen LogP contribution in [0.25, 0.3) is 10.8 Å². The number of carbonyl (C=O) groups is 1. The molecule has 0 saturated carbocycles. The minimum Gasteiger partial charge on any atom is -0.394 e. The van der Waals surface area contributed by atoms with Gasteiger partial charge in [-0.15, -0.1) is 21.5 Å². The Balaban J connectivity index is 1.75. The second-order valence-electron chi connectivity index (χ2n) is 6.72. The van der Waals surface area contributed by atoms with Crippen LogP contribution in [0.5, 0.6) is 0 Å². The topological polar surface area (TPSA) is 84.1 Å². The zero-order valence-electron chi connectivity index (χ0n) is 15.5. The molecule has 1 aromatic carbocycles. The molecule has 3 aromatic rings. The predicted octanol–water partition coefficient (Wildman–Crippen LogP) is 3.65. The average Bonchev–Trinajstić information content (AvgIpc) is 3.36. The summed E-state index contributed by atoms with van der Waals surface area (Å²) in [6, 6.07) is 1.82. The number of aliphatic hydroxyl groups is 1. The summed E-state index contributed by atoms with van der Waals surface area (Å²) in [5.41, 5.74) is -1.38. The third-order valence-electron chi connectivity index (χ3n) is 4.96. The van der Waals surface area contributed by atoms with Crippen LogP contribution in [-0.2, 0) is 12.7 Å². The molecule has 2 aromatic heterocycles. The zero-order chi connectivity index (χ0) is 21.6. The SMILES string of the molecule is CC1c2nnc(-c3nccs3)n2CC(CO)N1C(=O)c1cccc(C(F)(F)F)c1Cl. The van der Waals surface area contributed by atoms with Crippen LogP contribution in [0.15, 0.2) is 29.8 Å². The normalized spacial score (nSPS) is 19.1. The fourth-order valence-corrected chi connectivity index (χ4v) is 4.52. The van der Waals surface area contributed by atoms with Crippen LogP contribution in [0, 0.1) is 0 Å². The maximum atomic E-state index is 13.2. The molecule has 1 amide bonds. The number of amides is 1. The van der Waals surface area contributed by atoms with Gasteiger partial charge in [0.25, 0.3) is 5.91 Å². The second-order valence-corrected chi connectivity index (χ2v) is 7.99. The highest BCUT2D eigenvalue weighted by Gasteiger charge is 2.41. The van der Waals surface area contributed by atoms with Crippen molar-refractivity contribution in [2.75, 3.05) is 6.61 Å². The van der Waals surface area contributed by atoms with Gasteiger partial charge < -0.3 is 14.6 Å². The molecule has 4 rings (SSSR count). The van der Waals surface area contributed by atoms with Gasteiger partial charge in [-0.2, -0.15) is 13.2 Å². The maximum absolute atomic E-state index is 13.2. The molecule has 0 saturated heterocycles. The van der Waals surface area contributed by atoms with E-state index >= 15 is 0 Å². The van der Waals surface area contributed by atoms with Crippen LogP contribution in [0.3, 0.4) is 0 Å². The molecule has 0 radical (unpaired) electrons. The number of alkyl halides is 3. The fourth-order valence-electron chi connectivity index (χ4n) is 3.58. The van der Waals surface area contributed by atoms with E-state index in [4.69, 9.17) is 11.6 Å². The molecule has 30 heavy (non-hydrogen) atoms. The Kier molecular flexibility index (Phi) is 5.28. The standard InChI is InChI=1S/C18H15ClF3N5O2S/c1-9-14-24-25-15(16-23-5-6-30-16)26(14)7-10(8-28)27(9)17(29)11-3-2-4-12(13(11)19)18(20,21)22/h2-6,9-10,28H,7-8H2,1H3. The van der Waals surface area contributed by atoms with Crippen molar-refractivity contribution in [3.8, 4) is 10.8 Å². The molecule has 0 bridgehead atoms. The summed E-state index contributed by atoms with van der Waals surface area (Å²) in [7, 11) is 0. The van der Waals surface area contributed by atoms with E-state index in [-0.39, 0.29) is 12.1 Å². The lowest BCUT2D eigenvalue weighted by Gasteiger charge is -2.40. The highest BCUT2D eigenvalue weighted by atomic mass is 35.5. The van der Waals surface area contributed by atoms with Crippen LogP contribution in [0.2, 0.25) is 5.02 Å². The van der Waals surface area contributed by atoms with E-state index < -0.39 is 41.4 Å². The number of nitrogens with zero attached hydrogens (tertiary/aromatic N) is 5. The van der Waals surface area contributed by atoms with Crippen LogP contribution in [-0.4, -0.2) is 48.3 Å². The Morgan fingerprint density at radius 3 is 2.77 bits per heavy atom. The smallest absolute Gasteiger partial charge is 0.394 e. The van der Waals surface area contributed by atoms with E-state index in [0.29, 0.717) is 16.7 Å². The number of carbonyl (C=O) groups excluding carboxylic acids is 1. The molecular weight excluding hydrogens is 443 g/mol. The summed E-state index contributed by atoms with van der Waals surface area (Å²) >= 11 is 7.32. The third-order valence-corrected chi connectivity index (χ3v) is 6.14. The molecule has 158 valence electrons. The Bertz CT molecular complexity index is 1090. The number of fused-ring (bicyclic) bond motifs is 1. The lowest BCUT2D eigenvalue weighted by Crippen LogP contribution is -2.50. The zero-order valence-corrected chi connectivity index (χ0v) is 17.0. The molecule has 3 heterocycles. The Morgan fingerprint density at radius 2 is 2.13 bits per heavy atom. The van der Waals surface area contributed by atoms with E-state index in [1.165, 1.54) is 22.3 Å². The van der Waals surface area contributed by atoms with Gasteiger partial charge in [0.15, 0.2) is 16.7 Å². The number of thiazole rings is 1. The molecule has 0 fully saturated rings. The maximum Gasteiger partial charge on any atom is 0.417 e. The van der Waals surface area contributed by atoms with E-state index in [1.54, 1.807) is 23.1 Å². The largest absolute Gasteiger partial charge is 0.417 e. The number of rotatable bonds is 3. The predicted molar refractivity (Wildman–Crippen MR) is 103 cm³/mol. The Labute approximate surface area is 177 Å². The first-order valence-electron chi connectivity index (χ1n) is 8.86. The number of aromatic nitrogens is 4. The van der Waals surface area contributed by atoms with Gasteiger partial charge in [0.2, 0.25) is 0 Å². The number of benzene rings is 1. The van der Waals surface area contributed by atoms with E-state index in [2.05, 4.69) is 15.2 Å². The van der Waals surface area contributed by atoms with Crippen LogP contribution in [0.4, 0.5) is 13.2 Å². The Hall–Kier alpha value is -2.50. The molecule has 2 unspecified atom stereocenters. The summed E-state index contributed by atoms with van der Waals surface area (Å²) in [5.74, 6) is 0.235. The van der Waals surface area contributed by atoms with Crippen molar-refractivity contribution >= 4 is 28.8 Å². The van der Waals surface area contributed by atoms with Gasteiger partial charge in [0.1, 0.15) is 0 Å². The minimum atomic E-state index is -4.69. The number of hydrogen-bond donors (Lipinski definition) is 1. The molecule has 2 atom stereocenters. The van der Waals surface area contributed by atoms with Crippen LogP contribution >= 0.6 is 22.9 Å². The number of halogens is 4. The van der Waals surface area contributed by atoms with Gasteiger partial charge >= 0.3 is 6.18 Å². The summed E-state index contributed by atoms with van der Waals surface area (Å²) in [5, 5.41) is 20.0. The number of hydrogen-bond acceptors (Lipinski definition) is 6. The van der Waals surface area contributed by atoms with Gasteiger partial charge in [-0.3, -0.25) is 4.79 Å². The fraction of sp³-hybridized carbons (Fsp3) is 0.333. The highest BCUT2D eigenvalue weighted by molar-refractivity contribution is 7.13. The average molecular weight is 458 g/mol. The van der Waals surface area contributed by atoms with Crippen molar-refractivity contribution < 1.29 is 23.1 Å². The molecule has 0 aliphatic carbocycles. The van der Waals surface area contributed by atoms with Gasteiger partial charge in [0.05, 0.1) is 34.8 Å². The molecule has 1 N–H and O–H groups in total. The van der Waals surface area contributed by atoms with Crippen molar-refractivity contribution in [2.45, 2.75) is 31.7 Å². The van der Waals surface area contributed by atoms with Crippen molar-refractivity contribution in [2.24, 2.45) is 0 Å². The Morgan fingerprint density at radius 1 is 1.37 bits per heavy atom. The van der Waals surface area contributed by atoms with Crippen LogP contribution < -0.4 is 0 Å². The molecule has 1 aliphatic rings. The monoisotopic (exact) mass is 457 g/mol. The first-order chi connectivity index (χ1) is 14.2. The third kappa shape index (κ3) is 3.36. The van der Waals surface area contributed by atoms with Crippen molar-refractivity contribution in [3.63, 3.8) is 0 Å². The molecule has 7 nitrogen and oxygen atoms in total. The van der Waals surface area contributed by atoms with Crippen molar-refractivity contribution in [3.05, 3.63) is 51.7 Å². The first-order valence-corrected chi connectivity index (χ1v) is 10.1. The summed E-state index contributed by atoms with van der Waals surface area (Å²) in [6.07, 6.45) is -3.07. The van der Waals surface area contributed by atoms with Gasteiger partial charge in [-0.25, -0.2) is 4.98 Å². The highest BCUT2D eigenvalue weighted by Crippen LogP contribution is 2.38. The molecule has 0 spiro atoms.